The van der Waals surface area contributed by atoms with Crippen LogP contribution in [0.4, 0.5) is 0 Å². The molecule has 0 amide bonds. The molecule has 86 valence electrons. The minimum absolute atomic E-state index is 0.168. The first kappa shape index (κ1) is 13.9. The van der Waals surface area contributed by atoms with E-state index in [2.05, 4.69) is 33.0 Å². The zero-order valence-electron chi connectivity index (χ0n) is 10.2. The van der Waals surface area contributed by atoms with Crippen LogP contribution in [0.2, 0.25) is 0 Å². The van der Waals surface area contributed by atoms with Crippen LogP contribution in [0.1, 0.15) is 41.0 Å². The zero-order chi connectivity index (χ0) is 11.4. The van der Waals surface area contributed by atoms with Gasteiger partial charge in [0, 0.05) is 18.6 Å². The smallest absolute Gasteiger partial charge is 0.0526 e. The second kappa shape index (κ2) is 5.69. The molecule has 3 atom stereocenters. The van der Waals surface area contributed by atoms with Crippen LogP contribution in [-0.4, -0.2) is 29.8 Å². The largest absolute Gasteiger partial charge is 0.393 e. The number of rotatable bonds is 5. The molecule has 4 N–H and O–H groups in total. The molecule has 0 aliphatic rings. The fraction of sp³-hybridized carbons (Fsp3) is 1.00. The molecular weight excluding hydrogens is 176 g/mol. The van der Waals surface area contributed by atoms with Crippen LogP contribution in [0.15, 0.2) is 0 Å². The lowest BCUT2D eigenvalue weighted by molar-refractivity contribution is 0.158. The Morgan fingerprint density at radius 2 is 1.79 bits per heavy atom. The molecule has 0 fully saturated rings. The number of hydrogen-bond acceptors (Lipinski definition) is 3. The first-order valence-corrected chi connectivity index (χ1v) is 5.41. The van der Waals surface area contributed by atoms with E-state index in [0.717, 1.165) is 6.42 Å². The van der Waals surface area contributed by atoms with Crippen LogP contribution in [-0.2, 0) is 0 Å². The summed E-state index contributed by atoms with van der Waals surface area (Å²) in [7, 11) is 0. The topological polar surface area (TPSA) is 58.3 Å². The van der Waals surface area contributed by atoms with Crippen molar-refractivity contribution in [2.75, 3.05) is 6.54 Å². The Kier molecular flexibility index (Phi) is 5.64. The molecule has 14 heavy (non-hydrogen) atoms. The lowest BCUT2D eigenvalue weighted by atomic mass is 9.86. The molecule has 0 spiro atoms. The van der Waals surface area contributed by atoms with Crippen molar-refractivity contribution in [1.29, 1.82) is 0 Å². The molecule has 3 nitrogen and oxygen atoms in total. The molecule has 0 aliphatic heterocycles. The van der Waals surface area contributed by atoms with Gasteiger partial charge in [-0.05, 0) is 25.7 Å². The SMILES string of the molecule is CC(O)CC(C)NC(CN)C(C)(C)C. The molecule has 0 radical (unpaired) electrons. The standard InChI is InChI=1S/C11H26N2O/c1-8(6-9(2)14)13-10(7-12)11(3,4)5/h8-10,13-14H,6-7,12H2,1-5H3. The number of hydrogen-bond donors (Lipinski definition) is 3. The van der Waals surface area contributed by atoms with E-state index >= 15 is 0 Å². The quantitative estimate of drug-likeness (QED) is 0.626. The predicted octanol–water partition coefficient (Wildman–Crippen LogP) is 1.11. The van der Waals surface area contributed by atoms with E-state index in [4.69, 9.17) is 5.73 Å². The Morgan fingerprint density at radius 3 is 2.07 bits per heavy atom. The first-order valence-electron chi connectivity index (χ1n) is 5.41. The third-order valence-corrected chi connectivity index (χ3v) is 2.46. The van der Waals surface area contributed by atoms with Gasteiger partial charge in [-0.25, -0.2) is 0 Å². The Hall–Kier alpha value is -0.120. The van der Waals surface area contributed by atoms with E-state index in [1.54, 1.807) is 0 Å². The van der Waals surface area contributed by atoms with Gasteiger partial charge in [-0.15, -0.1) is 0 Å². The molecule has 0 aromatic carbocycles. The molecule has 0 heterocycles. The maximum atomic E-state index is 9.24. The summed E-state index contributed by atoms with van der Waals surface area (Å²) < 4.78 is 0. The van der Waals surface area contributed by atoms with Crippen molar-refractivity contribution in [2.45, 2.75) is 59.2 Å². The van der Waals surface area contributed by atoms with E-state index < -0.39 is 0 Å². The first-order chi connectivity index (χ1) is 6.27. The highest BCUT2D eigenvalue weighted by molar-refractivity contribution is 4.83. The number of aliphatic hydroxyl groups excluding tert-OH is 1. The fourth-order valence-corrected chi connectivity index (χ4v) is 1.59. The fourth-order valence-electron chi connectivity index (χ4n) is 1.59. The molecule has 0 saturated carbocycles. The van der Waals surface area contributed by atoms with Crippen LogP contribution in [0.25, 0.3) is 0 Å². The van der Waals surface area contributed by atoms with Crippen molar-refractivity contribution in [3.63, 3.8) is 0 Å². The third-order valence-electron chi connectivity index (χ3n) is 2.46. The van der Waals surface area contributed by atoms with E-state index in [1.165, 1.54) is 0 Å². The van der Waals surface area contributed by atoms with Crippen molar-refractivity contribution < 1.29 is 5.11 Å². The van der Waals surface area contributed by atoms with Gasteiger partial charge in [0.15, 0.2) is 0 Å². The Bertz CT molecular complexity index is 152. The van der Waals surface area contributed by atoms with Gasteiger partial charge in [0.1, 0.15) is 0 Å². The van der Waals surface area contributed by atoms with Crippen LogP contribution in [0.5, 0.6) is 0 Å². The number of nitrogens with two attached hydrogens (primary N) is 1. The van der Waals surface area contributed by atoms with E-state index in [-0.39, 0.29) is 11.5 Å². The third kappa shape index (κ3) is 5.58. The van der Waals surface area contributed by atoms with E-state index in [1.807, 2.05) is 6.92 Å². The summed E-state index contributed by atoms with van der Waals surface area (Å²) in [6.45, 7) is 11.0. The van der Waals surface area contributed by atoms with Crippen LogP contribution in [0, 0.1) is 5.41 Å². The van der Waals surface area contributed by atoms with Gasteiger partial charge >= 0.3 is 0 Å². The molecular formula is C11H26N2O. The summed E-state index contributed by atoms with van der Waals surface area (Å²) in [6.07, 6.45) is 0.517. The van der Waals surface area contributed by atoms with Gasteiger partial charge in [-0.1, -0.05) is 20.8 Å². The van der Waals surface area contributed by atoms with Crippen LogP contribution < -0.4 is 11.1 Å². The van der Waals surface area contributed by atoms with Gasteiger partial charge in [-0.3, -0.25) is 0 Å². The highest BCUT2D eigenvalue weighted by atomic mass is 16.3. The summed E-state index contributed by atoms with van der Waals surface area (Å²) in [5.41, 5.74) is 5.88. The summed E-state index contributed by atoms with van der Waals surface area (Å²) in [5, 5.41) is 12.7. The summed E-state index contributed by atoms with van der Waals surface area (Å²) in [5.74, 6) is 0. The maximum absolute atomic E-state index is 9.24. The lowest BCUT2D eigenvalue weighted by Gasteiger charge is -2.33. The highest BCUT2D eigenvalue weighted by Gasteiger charge is 2.24. The number of aliphatic hydroxyl groups is 1. The van der Waals surface area contributed by atoms with Gasteiger partial charge < -0.3 is 16.2 Å². The lowest BCUT2D eigenvalue weighted by Crippen LogP contribution is -2.49. The molecule has 0 saturated heterocycles. The van der Waals surface area contributed by atoms with Gasteiger partial charge in [0.25, 0.3) is 0 Å². The highest BCUT2D eigenvalue weighted by Crippen LogP contribution is 2.19. The molecule has 0 aromatic rings. The van der Waals surface area contributed by atoms with Crippen molar-refractivity contribution in [3.05, 3.63) is 0 Å². The molecule has 0 aliphatic carbocycles. The average molecular weight is 202 g/mol. The molecule has 3 unspecified atom stereocenters. The summed E-state index contributed by atoms with van der Waals surface area (Å²) in [6, 6.07) is 0.610. The Labute approximate surface area is 88.1 Å². The monoisotopic (exact) mass is 202 g/mol. The van der Waals surface area contributed by atoms with Crippen molar-refractivity contribution >= 4 is 0 Å². The van der Waals surface area contributed by atoms with Gasteiger partial charge in [0.2, 0.25) is 0 Å². The van der Waals surface area contributed by atoms with Gasteiger partial charge in [-0.2, -0.15) is 0 Å². The minimum Gasteiger partial charge on any atom is -0.393 e. The second-order valence-corrected chi connectivity index (χ2v) is 5.31. The van der Waals surface area contributed by atoms with Crippen molar-refractivity contribution in [1.82, 2.24) is 5.32 Å². The van der Waals surface area contributed by atoms with Crippen molar-refractivity contribution in [2.24, 2.45) is 11.1 Å². The van der Waals surface area contributed by atoms with Crippen LogP contribution >= 0.6 is 0 Å². The Balaban J connectivity index is 4.06. The van der Waals surface area contributed by atoms with Crippen LogP contribution in [0.3, 0.4) is 0 Å². The number of nitrogens with one attached hydrogen (secondary N) is 1. The average Bonchev–Trinajstić information content (AvgIpc) is 1.96. The molecule has 0 aromatic heterocycles. The van der Waals surface area contributed by atoms with E-state index in [0.29, 0.717) is 18.6 Å². The summed E-state index contributed by atoms with van der Waals surface area (Å²) in [4.78, 5) is 0. The van der Waals surface area contributed by atoms with Crippen molar-refractivity contribution in [3.8, 4) is 0 Å². The molecule has 3 heteroatoms. The maximum Gasteiger partial charge on any atom is 0.0526 e. The second-order valence-electron chi connectivity index (χ2n) is 5.31. The molecule has 0 bridgehead atoms. The van der Waals surface area contributed by atoms with Gasteiger partial charge in [0.05, 0.1) is 6.10 Å². The zero-order valence-corrected chi connectivity index (χ0v) is 10.2. The molecule has 0 rings (SSSR count). The Morgan fingerprint density at radius 1 is 1.29 bits per heavy atom. The summed E-state index contributed by atoms with van der Waals surface area (Å²) >= 11 is 0. The minimum atomic E-state index is -0.254. The predicted molar refractivity (Wildman–Crippen MR) is 61.2 cm³/mol. The normalized spacial score (nSPS) is 19.1. The van der Waals surface area contributed by atoms with E-state index in [9.17, 15) is 5.11 Å².